The SMILES string of the molecule is O=C(O)c1cccc2c1CCN(Cc1ccccc1Br)C2. The maximum absolute atomic E-state index is 11.3. The average Bonchev–Trinajstić information content (AvgIpc) is 2.48. The van der Waals surface area contributed by atoms with Gasteiger partial charge in [0.15, 0.2) is 0 Å². The smallest absolute Gasteiger partial charge is 0.335 e. The van der Waals surface area contributed by atoms with Gasteiger partial charge in [0.2, 0.25) is 0 Å². The molecular formula is C17H16BrNO2. The van der Waals surface area contributed by atoms with Crippen molar-refractivity contribution in [1.82, 2.24) is 4.90 Å². The van der Waals surface area contributed by atoms with Crippen molar-refractivity contribution >= 4 is 21.9 Å². The molecule has 108 valence electrons. The van der Waals surface area contributed by atoms with Crippen molar-refractivity contribution in [2.24, 2.45) is 0 Å². The number of hydrogen-bond acceptors (Lipinski definition) is 2. The van der Waals surface area contributed by atoms with Crippen molar-refractivity contribution < 1.29 is 9.90 Å². The van der Waals surface area contributed by atoms with Crippen LogP contribution >= 0.6 is 15.9 Å². The third kappa shape index (κ3) is 3.01. The Labute approximate surface area is 132 Å². The zero-order chi connectivity index (χ0) is 14.8. The van der Waals surface area contributed by atoms with Crippen LogP contribution in [0.5, 0.6) is 0 Å². The molecule has 0 radical (unpaired) electrons. The van der Waals surface area contributed by atoms with Crippen LogP contribution in [0.15, 0.2) is 46.9 Å². The molecule has 0 atom stereocenters. The Kier molecular flexibility index (Phi) is 4.08. The van der Waals surface area contributed by atoms with E-state index in [2.05, 4.69) is 33.0 Å². The van der Waals surface area contributed by atoms with Crippen LogP contribution in [-0.2, 0) is 19.5 Å². The van der Waals surface area contributed by atoms with E-state index in [0.717, 1.165) is 41.7 Å². The summed E-state index contributed by atoms with van der Waals surface area (Å²) >= 11 is 3.58. The number of hydrogen-bond donors (Lipinski definition) is 1. The van der Waals surface area contributed by atoms with Crippen LogP contribution in [-0.4, -0.2) is 22.5 Å². The molecule has 0 amide bonds. The summed E-state index contributed by atoms with van der Waals surface area (Å²) in [7, 11) is 0. The number of nitrogens with zero attached hydrogens (tertiary/aromatic N) is 1. The molecule has 1 heterocycles. The molecule has 21 heavy (non-hydrogen) atoms. The monoisotopic (exact) mass is 345 g/mol. The number of halogens is 1. The van der Waals surface area contributed by atoms with Crippen LogP contribution in [0.25, 0.3) is 0 Å². The molecule has 4 heteroatoms. The largest absolute Gasteiger partial charge is 0.478 e. The highest BCUT2D eigenvalue weighted by Gasteiger charge is 2.21. The summed E-state index contributed by atoms with van der Waals surface area (Å²) in [5.41, 5.74) is 3.84. The summed E-state index contributed by atoms with van der Waals surface area (Å²) in [6.45, 7) is 2.56. The highest BCUT2D eigenvalue weighted by molar-refractivity contribution is 9.10. The molecule has 0 bridgehead atoms. The number of carbonyl (C=O) groups is 1. The van der Waals surface area contributed by atoms with Gasteiger partial charge in [0.1, 0.15) is 0 Å². The van der Waals surface area contributed by atoms with E-state index in [1.54, 1.807) is 6.07 Å². The standard InChI is InChI=1S/C17H16BrNO2/c18-16-7-2-1-4-13(16)11-19-9-8-14-12(10-19)5-3-6-15(14)17(20)21/h1-7H,8-11H2,(H,20,21). The van der Waals surface area contributed by atoms with Crippen molar-refractivity contribution in [2.75, 3.05) is 6.54 Å². The summed E-state index contributed by atoms with van der Waals surface area (Å²) in [6, 6.07) is 13.8. The number of benzene rings is 2. The van der Waals surface area contributed by atoms with Crippen molar-refractivity contribution in [3.8, 4) is 0 Å². The van der Waals surface area contributed by atoms with Gasteiger partial charge in [0.25, 0.3) is 0 Å². The molecule has 3 rings (SSSR count). The van der Waals surface area contributed by atoms with Gasteiger partial charge in [-0.3, -0.25) is 4.90 Å². The van der Waals surface area contributed by atoms with Gasteiger partial charge in [-0.15, -0.1) is 0 Å². The number of carboxylic acids is 1. The van der Waals surface area contributed by atoms with Crippen molar-refractivity contribution in [3.05, 3.63) is 69.2 Å². The predicted octanol–water partition coefficient (Wildman–Crippen LogP) is 3.71. The number of carboxylic acid groups (broad SMARTS) is 1. The Hall–Kier alpha value is -1.65. The van der Waals surface area contributed by atoms with E-state index in [9.17, 15) is 9.90 Å². The van der Waals surface area contributed by atoms with Gasteiger partial charge in [-0.1, -0.05) is 46.3 Å². The quantitative estimate of drug-likeness (QED) is 0.921. The fraction of sp³-hybridized carbons (Fsp3) is 0.235. The van der Waals surface area contributed by atoms with E-state index in [1.165, 1.54) is 5.56 Å². The van der Waals surface area contributed by atoms with Gasteiger partial charge in [-0.25, -0.2) is 4.79 Å². The Morgan fingerprint density at radius 1 is 1.19 bits per heavy atom. The lowest BCUT2D eigenvalue weighted by molar-refractivity contribution is 0.0694. The molecular weight excluding hydrogens is 330 g/mol. The Morgan fingerprint density at radius 2 is 2.00 bits per heavy atom. The van der Waals surface area contributed by atoms with Crippen molar-refractivity contribution in [2.45, 2.75) is 19.5 Å². The maximum Gasteiger partial charge on any atom is 0.335 e. The van der Waals surface area contributed by atoms with Gasteiger partial charge in [0, 0.05) is 24.1 Å². The number of rotatable bonds is 3. The van der Waals surface area contributed by atoms with E-state index in [0.29, 0.717) is 5.56 Å². The lowest BCUT2D eigenvalue weighted by atomic mass is 9.94. The third-order valence-electron chi connectivity index (χ3n) is 3.93. The van der Waals surface area contributed by atoms with Gasteiger partial charge >= 0.3 is 5.97 Å². The summed E-state index contributed by atoms with van der Waals surface area (Å²) in [5.74, 6) is -0.828. The van der Waals surface area contributed by atoms with Crippen LogP contribution in [0.4, 0.5) is 0 Å². The molecule has 1 N–H and O–H groups in total. The first-order valence-electron chi connectivity index (χ1n) is 6.95. The molecule has 3 nitrogen and oxygen atoms in total. The second kappa shape index (κ2) is 6.00. The molecule has 0 unspecified atom stereocenters. The lowest BCUT2D eigenvalue weighted by Crippen LogP contribution is -2.31. The second-order valence-corrected chi connectivity index (χ2v) is 6.15. The van der Waals surface area contributed by atoms with Crippen LogP contribution in [0, 0.1) is 0 Å². The molecule has 2 aromatic carbocycles. The third-order valence-corrected chi connectivity index (χ3v) is 4.70. The minimum absolute atomic E-state index is 0.452. The van der Waals surface area contributed by atoms with Crippen LogP contribution in [0.2, 0.25) is 0 Å². The molecule has 0 aliphatic carbocycles. The minimum atomic E-state index is -0.828. The summed E-state index contributed by atoms with van der Waals surface area (Å²) < 4.78 is 1.12. The van der Waals surface area contributed by atoms with Gasteiger partial charge in [-0.2, -0.15) is 0 Å². The van der Waals surface area contributed by atoms with Crippen molar-refractivity contribution in [3.63, 3.8) is 0 Å². The normalized spacial score (nSPS) is 14.7. The average molecular weight is 346 g/mol. The molecule has 0 saturated carbocycles. The summed E-state index contributed by atoms with van der Waals surface area (Å²) in [4.78, 5) is 13.6. The van der Waals surface area contributed by atoms with E-state index in [-0.39, 0.29) is 0 Å². The van der Waals surface area contributed by atoms with Crippen LogP contribution < -0.4 is 0 Å². The molecule has 0 fully saturated rings. The zero-order valence-corrected chi connectivity index (χ0v) is 13.1. The van der Waals surface area contributed by atoms with Crippen LogP contribution in [0.3, 0.4) is 0 Å². The van der Waals surface area contributed by atoms with E-state index < -0.39 is 5.97 Å². The van der Waals surface area contributed by atoms with Crippen LogP contribution in [0.1, 0.15) is 27.0 Å². The van der Waals surface area contributed by atoms with E-state index in [1.807, 2.05) is 24.3 Å². The molecule has 0 aromatic heterocycles. The topological polar surface area (TPSA) is 40.5 Å². The number of fused-ring (bicyclic) bond motifs is 1. The molecule has 2 aromatic rings. The molecule has 0 saturated heterocycles. The van der Waals surface area contributed by atoms with E-state index in [4.69, 9.17) is 0 Å². The summed E-state index contributed by atoms with van der Waals surface area (Å²) in [6.07, 6.45) is 0.794. The first kappa shape index (κ1) is 14.3. The first-order chi connectivity index (χ1) is 10.1. The van der Waals surface area contributed by atoms with Crippen molar-refractivity contribution in [1.29, 1.82) is 0 Å². The fourth-order valence-corrected chi connectivity index (χ4v) is 3.28. The maximum atomic E-state index is 11.3. The zero-order valence-electron chi connectivity index (χ0n) is 11.6. The Bertz CT molecular complexity index is 684. The summed E-state index contributed by atoms with van der Waals surface area (Å²) in [5, 5.41) is 9.26. The van der Waals surface area contributed by atoms with E-state index >= 15 is 0 Å². The molecule has 1 aliphatic rings. The van der Waals surface area contributed by atoms with Gasteiger partial charge < -0.3 is 5.11 Å². The lowest BCUT2D eigenvalue weighted by Gasteiger charge is -2.29. The molecule has 0 spiro atoms. The Morgan fingerprint density at radius 3 is 2.76 bits per heavy atom. The minimum Gasteiger partial charge on any atom is -0.478 e. The second-order valence-electron chi connectivity index (χ2n) is 5.30. The van der Waals surface area contributed by atoms with Gasteiger partial charge in [-0.05, 0) is 35.2 Å². The number of aromatic carboxylic acids is 1. The fourth-order valence-electron chi connectivity index (χ4n) is 2.87. The van der Waals surface area contributed by atoms with Gasteiger partial charge in [0.05, 0.1) is 5.56 Å². The highest BCUT2D eigenvalue weighted by Crippen LogP contribution is 2.25. The Balaban J connectivity index is 1.81. The molecule has 1 aliphatic heterocycles. The highest BCUT2D eigenvalue weighted by atomic mass is 79.9. The first-order valence-corrected chi connectivity index (χ1v) is 7.74. The predicted molar refractivity (Wildman–Crippen MR) is 85.4 cm³/mol.